The van der Waals surface area contributed by atoms with Crippen molar-refractivity contribution in [3.05, 3.63) is 63.8 Å². The average Bonchev–Trinajstić information content (AvgIpc) is 3.89. The Balaban J connectivity index is 1.44. The standard InChI is InChI=1S/C30H33FN4O6S/c1-17-24(13-20(14-26(17)31)28(36)32-21-5-6-21)19-4-7-23-25(12-19)27(16-34(29(23)37)15-18-2-3-18)42(40,41)35-10-8-22(9-11-35)33-30(38)39/h4,7,12-14,16,18,21-22,33H,2-3,5-6,8-11,15H2,1H3,(H,32,36)(H,38,39). The summed E-state index contributed by atoms with van der Waals surface area (Å²) in [5, 5.41) is 14.8. The van der Waals surface area contributed by atoms with Crippen LogP contribution in [-0.4, -0.2) is 59.6 Å². The van der Waals surface area contributed by atoms with Gasteiger partial charge in [0, 0.05) is 54.3 Å². The molecule has 2 aromatic carbocycles. The van der Waals surface area contributed by atoms with Gasteiger partial charge in [-0.05, 0) is 92.3 Å². The predicted octanol–water partition coefficient (Wildman–Crippen LogP) is 3.84. The van der Waals surface area contributed by atoms with Gasteiger partial charge in [0.2, 0.25) is 10.0 Å². The zero-order chi connectivity index (χ0) is 29.8. The fourth-order valence-electron chi connectivity index (χ4n) is 5.61. The van der Waals surface area contributed by atoms with Crippen LogP contribution < -0.4 is 16.2 Å². The maximum Gasteiger partial charge on any atom is 0.404 e. The highest BCUT2D eigenvalue weighted by atomic mass is 32.2. The number of sulfonamides is 1. The van der Waals surface area contributed by atoms with Crippen LogP contribution in [-0.2, 0) is 16.6 Å². The van der Waals surface area contributed by atoms with Gasteiger partial charge in [0.05, 0.1) is 0 Å². The summed E-state index contributed by atoms with van der Waals surface area (Å²) in [5.74, 6) is -0.604. The number of benzene rings is 2. The zero-order valence-corrected chi connectivity index (χ0v) is 24.0. The largest absolute Gasteiger partial charge is 0.465 e. The number of carbonyl (C=O) groups excluding carboxylic acids is 1. The van der Waals surface area contributed by atoms with Gasteiger partial charge >= 0.3 is 6.09 Å². The Bertz CT molecular complexity index is 1760. The SMILES string of the molecule is Cc1c(F)cc(C(=O)NC2CC2)cc1-c1ccc2c(=O)n(CC3CC3)cc(S(=O)(=O)N3CCC(NC(=O)O)CC3)c2c1. The third kappa shape index (κ3) is 5.65. The van der Waals surface area contributed by atoms with E-state index in [1.54, 1.807) is 31.2 Å². The Morgan fingerprint density at radius 3 is 2.31 bits per heavy atom. The lowest BCUT2D eigenvalue weighted by atomic mass is 9.95. The highest BCUT2D eigenvalue weighted by Gasteiger charge is 2.33. The van der Waals surface area contributed by atoms with Crippen LogP contribution in [0.3, 0.4) is 0 Å². The number of pyridine rings is 1. The lowest BCUT2D eigenvalue weighted by molar-refractivity contribution is 0.0950. The quantitative estimate of drug-likeness (QED) is 0.361. The fraction of sp³-hybridized carbons (Fsp3) is 0.433. The number of piperidine rings is 1. The van der Waals surface area contributed by atoms with Crippen molar-refractivity contribution >= 4 is 32.8 Å². The number of hydrogen-bond acceptors (Lipinski definition) is 5. The van der Waals surface area contributed by atoms with Crippen LogP contribution in [0, 0.1) is 18.7 Å². The van der Waals surface area contributed by atoms with Crippen LogP contribution in [0.15, 0.2) is 46.2 Å². The summed E-state index contributed by atoms with van der Waals surface area (Å²) in [7, 11) is -4.08. The minimum atomic E-state index is -4.08. The van der Waals surface area contributed by atoms with Gasteiger partial charge in [-0.15, -0.1) is 0 Å². The highest BCUT2D eigenvalue weighted by molar-refractivity contribution is 7.89. The number of amides is 2. The van der Waals surface area contributed by atoms with E-state index in [2.05, 4.69) is 10.6 Å². The molecule has 1 saturated heterocycles. The number of nitrogens with zero attached hydrogens (tertiary/aromatic N) is 2. The molecular weight excluding hydrogens is 563 g/mol. The Kier molecular flexibility index (Phi) is 7.30. The van der Waals surface area contributed by atoms with Gasteiger partial charge in [-0.25, -0.2) is 17.6 Å². The van der Waals surface area contributed by atoms with Crippen LogP contribution in [0.5, 0.6) is 0 Å². The van der Waals surface area contributed by atoms with Gasteiger partial charge in [0.25, 0.3) is 11.5 Å². The molecule has 2 saturated carbocycles. The van der Waals surface area contributed by atoms with Crippen LogP contribution >= 0.6 is 0 Å². The molecule has 2 amide bonds. The number of aromatic nitrogens is 1. The molecule has 1 aromatic heterocycles. The molecule has 1 aliphatic heterocycles. The second-order valence-electron chi connectivity index (χ2n) is 11.7. The van der Waals surface area contributed by atoms with Gasteiger partial charge in [-0.2, -0.15) is 4.31 Å². The monoisotopic (exact) mass is 596 g/mol. The first-order chi connectivity index (χ1) is 20.0. The molecule has 3 N–H and O–H groups in total. The van der Waals surface area contributed by atoms with Crippen molar-refractivity contribution in [1.29, 1.82) is 0 Å². The molecule has 3 fully saturated rings. The summed E-state index contributed by atoms with van der Waals surface area (Å²) in [6.45, 7) is 2.27. The van der Waals surface area contributed by atoms with Crippen molar-refractivity contribution in [1.82, 2.24) is 19.5 Å². The van der Waals surface area contributed by atoms with Gasteiger partial charge < -0.3 is 20.3 Å². The van der Waals surface area contributed by atoms with Crippen molar-refractivity contribution in [3.63, 3.8) is 0 Å². The molecule has 222 valence electrons. The van der Waals surface area contributed by atoms with E-state index < -0.39 is 21.9 Å². The predicted molar refractivity (Wildman–Crippen MR) is 154 cm³/mol. The number of fused-ring (bicyclic) bond motifs is 1. The summed E-state index contributed by atoms with van der Waals surface area (Å²) in [4.78, 5) is 37.3. The van der Waals surface area contributed by atoms with Gasteiger partial charge in [-0.3, -0.25) is 9.59 Å². The maximum absolute atomic E-state index is 15.0. The molecule has 0 bridgehead atoms. The molecule has 3 aliphatic rings. The van der Waals surface area contributed by atoms with Crippen molar-refractivity contribution in [2.45, 2.75) is 69.0 Å². The summed E-state index contributed by atoms with van der Waals surface area (Å²) in [5.41, 5.74) is 1.10. The van der Waals surface area contributed by atoms with E-state index >= 15 is 4.39 Å². The molecule has 2 heterocycles. The lowest BCUT2D eigenvalue weighted by Gasteiger charge is -2.31. The minimum absolute atomic E-state index is 0.0231. The smallest absolute Gasteiger partial charge is 0.404 e. The first-order valence-electron chi connectivity index (χ1n) is 14.3. The average molecular weight is 597 g/mol. The lowest BCUT2D eigenvalue weighted by Crippen LogP contribution is -2.46. The number of carbonyl (C=O) groups is 2. The number of nitrogens with one attached hydrogen (secondary N) is 2. The van der Waals surface area contributed by atoms with Crippen LogP contribution in [0.1, 0.15) is 54.4 Å². The van der Waals surface area contributed by atoms with Crippen molar-refractivity contribution < 1.29 is 27.5 Å². The molecule has 6 rings (SSSR count). The number of hydrogen-bond donors (Lipinski definition) is 3. The Morgan fingerprint density at radius 2 is 1.67 bits per heavy atom. The first-order valence-corrected chi connectivity index (χ1v) is 15.7. The summed E-state index contributed by atoms with van der Waals surface area (Å²) >= 11 is 0. The van der Waals surface area contributed by atoms with Crippen LogP contribution in [0.4, 0.5) is 9.18 Å². The molecule has 12 heteroatoms. The Hall–Kier alpha value is -3.77. The third-order valence-electron chi connectivity index (χ3n) is 8.43. The summed E-state index contributed by atoms with van der Waals surface area (Å²) in [6, 6.07) is 7.38. The van der Waals surface area contributed by atoms with E-state index in [4.69, 9.17) is 5.11 Å². The molecule has 42 heavy (non-hydrogen) atoms. The van der Waals surface area contributed by atoms with Crippen molar-refractivity contribution in [3.8, 4) is 11.1 Å². The topological polar surface area (TPSA) is 138 Å². The maximum atomic E-state index is 15.0. The Morgan fingerprint density at radius 1 is 0.976 bits per heavy atom. The normalized spacial score (nSPS) is 18.2. The number of halogens is 1. The van der Waals surface area contributed by atoms with Gasteiger partial charge in [-0.1, -0.05) is 6.07 Å². The second kappa shape index (κ2) is 10.8. The molecule has 0 atom stereocenters. The molecular formula is C30H33FN4O6S. The highest BCUT2D eigenvalue weighted by Crippen LogP contribution is 2.35. The minimum Gasteiger partial charge on any atom is -0.465 e. The molecule has 0 radical (unpaired) electrons. The first kappa shape index (κ1) is 28.4. The van der Waals surface area contributed by atoms with E-state index in [1.807, 2.05) is 0 Å². The van der Waals surface area contributed by atoms with Crippen molar-refractivity contribution in [2.24, 2.45) is 5.92 Å². The van der Waals surface area contributed by atoms with E-state index in [1.165, 1.54) is 21.1 Å². The molecule has 10 nitrogen and oxygen atoms in total. The van der Waals surface area contributed by atoms with Crippen molar-refractivity contribution in [2.75, 3.05) is 13.1 Å². The van der Waals surface area contributed by atoms with Crippen LogP contribution in [0.2, 0.25) is 0 Å². The summed E-state index contributed by atoms with van der Waals surface area (Å²) in [6.07, 6.45) is 4.65. The number of carboxylic acid groups (broad SMARTS) is 1. The molecule has 2 aliphatic carbocycles. The molecule has 0 spiro atoms. The third-order valence-corrected chi connectivity index (χ3v) is 10.4. The van der Waals surface area contributed by atoms with E-state index in [-0.39, 0.29) is 57.9 Å². The molecule has 3 aromatic rings. The van der Waals surface area contributed by atoms with Gasteiger partial charge in [0.15, 0.2) is 0 Å². The zero-order valence-electron chi connectivity index (χ0n) is 23.2. The van der Waals surface area contributed by atoms with Crippen LogP contribution in [0.25, 0.3) is 21.9 Å². The van der Waals surface area contributed by atoms with E-state index in [0.717, 1.165) is 25.7 Å². The van der Waals surface area contributed by atoms with E-state index in [0.29, 0.717) is 42.0 Å². The fourth-order valence-corrected chi connectivity index (χ4v) is 7.28. The van der Waals surface area contributed by atoms with E-state index in [9.17, 15) is 22.8 Å². The van der Waals surface area contributed by atoms with Gasteiger partial charge in [0.1, 0.15) is 10.7 Å². The number of rotatable bonds is 8. The Labute approximate surface area is 242 Å². The summed E-state index contributed by atoms with van der Waals surface area (Å²) < 4.78 is 46.0. The molecule has 0 unspecified atom stereocenters. The second-order valence-corrected chi connectivity index (χ2v) is 13.6.